The van der Waals surface area contributed by atoms with Crippen LogP contribution < -0.4 is 0 Å². The highest BCUT2D eigenvalue weighted by Gasteiger charge is 2.28. The Bertz CT molecular complexity index is 333. The molecule has 0 fully saturated rings. The number of carbonyl (C=O) groups excluding carboxylic acids is 1. The fraction of sp³-hybridized carbons (Fsp3) is 0.300. The molecule has 1 aliphatic rings. The van der Waals surface area contributed by atoms with E-state index in [1.165, 1.54) is 7.11 Å². The fourth-order valence-corrected chi connectivity index (χ4v) is 1.50. The van der Waals surface area contributed by atoms with Crippen molar-refractivity contribution in [1.29, 1.82) is 0 Å². The first-order chi connectivity index (χ1) is 6.33. The molecule has 1 heterocycles. The number of methoxy groups -OCH3 is 1. The van der Waals surface area contributed by atoms with Crippen molar-refractivity contribution in [2.45, 2.75) is 12.7 Å². The molecule has 1 aliphatic heterocycles. The molecule has 68 valence electrons. The zero-order valence-corrected chi connectivity index (χ0v) is 7.32. The molecule has 0 bridgehead atoms. The highest BCUT2D eigenvalue weighted by molar-refractivity contribution is 5.78. The maximum absolute atomic E-state index is 11.2. The summed E-state index contributed by atoms with van der Waals surface area (Å²) in [6.07, 6.45) is -0.551. The van der Waals surface area contributed by atoms with E-state index >= 15 is 0 Å². The molecular formula is C10H10O3. The van der Waals surface area contributed by atoms with Gasteiger partial charge in [0, 0.05) is 7.11 Å². The van der Waals surface area contributed by atoms with Crippen molar-refractivity contribution in [1.82, 2.24) is 0 Å². The van der Waals surface area contributed by atoms with Crippen molar-refractivity contribution >= 4 is 5.97 Å². The lowest BCUT2D eigenvalue weighted by Gasteiger charge is -2.22. The van der Waals surface area contributed by atoms with Gasteiger partial charge in [0.25, 0.3) is 0 Å². The summed E-state index contributed by atoms with van der Waals surface area (Å²) in [5.74, 6) is -0.304. The van der Waals surface area contributed by atoms with Gasteiger partial charge in [0.2, 0.25) is 0 Å². The number of ether oxygens (including phenoxy) is 2. The summed E-state index contributed by atoms with van der Waals surface area (Å²) in [4.78, 5) is 11.2. The van der Waals surface area contributed by atoms with Gasteiger partial charge in [-0.1, -0.05) is 24.3 Å². The molecule has 0 saturated heterocycles. The Morgan fingerprint density at radius 2 is 2.23 bits per heavy atom. The largest absolute Gasteiger partial charge is 0.459 e. The Balaban J connectivity index is 2.45. The highest BCUT2D eigenvalue weighted by Crippen LogP contribution is 2.27. The molecule has 1 aromatic rings. The van der Waals surface area contributed by atoms with Crippen LogP contribution in [0.4, 0.5) is 0 Å². The minimum atomic E-state index is -0.551. The van der Waals surface area contributed by atoms with Gasteiger partial charge in [0.1, 0.15) is 6.61 Å². The lowest BCUT2D eigenvalue weighted by molar-refractivity contribution is -0.159. The third kappa shape index (κ3) is 1.31. The second kappa shape index (κ2) is 3.18. The molecule has 1 aromatic carbocycles. The SMILES string of the molecule is COC1C(=O)OCc2ccccc21. The second-order valence-corrected chi connectivity index (χ2v) is 2.92. The van der Waals surface area contributed by atoms with E-state index in [4.69, 9.17) is 9.47 Å². The summed E-state index contributed by atoms with van der Waals surface area (Å²) in [5, 5.41) is 0. The summed E-state index contributed by atoms with van der Waals surface area (Å²) in [5.41, 5.74) is 1.94. The van der Waals surface area contributed by atoms with Crippen molar-refractivity contribution in [3.63, 3.8) is 0 Å². The zero-order chi connectivity index (χ0) is 9.26. The number of benzene rings is 1. The molecule has 0 radical (unpaired) electrons. The van der Waals surface area contributed by atoms with Gasteiger partial charge < -0.3 is 9.47 Å². The van der Waals surface area contributed by atoms with Crippen LogP contribution in [0, 0.1) is 0 Å². The maximum atomic E-state index is 11.2. The van der Waals surface area contributed by atoms with Gasteiger partial charge in [-0.3, -0.25) is 0 Å². The smallest absolute Gasteiger partial charge is 0.340 e. The maximum Gasteiger partial charge on any atom is 0.340 e. The van der Waals surface area contributed by atoms with Crippen molar-refractivity contribution in [2.24, 2.45) is 0 Å². The number of hydrogen-bond acceptors (Lipinski definition) is 3. The van der Waals surface area contributed by atoms with Crippen LogP contribution in [0.1, 0.15) is 17.2 Å². The molecule has 2 rings (SSSR count). The molecule has 1 atom stereocenters. The highest BCUT2D eigenvalue weighted by atomic mass is 16.6. The summed E-state index contributed by atoms with van der Waals surface area (Å²) in [7, 11) is 1.51. The lowest BCUT2D eigenvalue weighted by Crippen LogP contribution is -2.23. The fourth-order valence-electron chi connectivity index (χ4n) is 1.50. The average Bonchev–Trinajstić information content (AvgIpc) is 2.18. The van der Waals surface area contributed by atoms with E-state index in [0.717, 1.165) is 11.1 Å². The van der Waals surface area contributed by atoms with E-state index in [0.29, 0.717) is 6.61 Å². The number of fused-ring (bicyclic) bond motifs is 1. The minimum absolute atomic E-state index is 0.304. The van der Waals surface area contributed by atoms with Crippen molar-refractivity contribution in [3.05, 3.63) is 35.4 Å². The first kappa shape index (κ1) is 8.26. The van der Waals surface area contributed by atoms with E-state index in [2.05, 4.69) is 0 Å². The van der Waals surface area contributed by atoms with Crippen LogP contribution in [0.25, 0.3) is 0 Å². The van der Waals surface area contributed by atoms with Crippen LogP contribution in [0.2, 0.25) is 0 Å². The summed E-state index contributed by atoms with van der Waals surface area (Å²) in [6, 6.07) is 7.64. The zero-order valence-electron chi connectivity index (χ0n) is 7.32. The molecule has 1 unspecified atom stereocenters. The third-order valence-electron chi connectivity index (χ3n) is 2.16. The predicted molar refractivity (Wildman–Crippen MR) is 46.0 cm³/mol. The van der Waals surface area contributed by atoms with Gasteiger partial charge in [-0.2, -0.15) is 0 Å². The summed E-state index contributed by atoms with van der Waals surface area (Å²) < 4.78 is 10.00. The second-order valence-electron chi connectivity index (χ2n) is 2.92. The Kier molecular flexibility index (Phi) is 2.02. The molecular weight excluding hydrogens is 168 g/mol. The quantitative estimate of drug-likeness (QED) is 0.610. The van der Waals surface area contributed by atoms with Crippen molar-refractivity contribution in [3.8, 4) is 0 Å². The normalized spacial score (nSPS) is 20.7. The first-order valence-electron chi connectivity index (χ1n) is 4.10. The van der Waals surface area contributed by atoms with Crippen LogP contribution in [0.5, 0.6) is 0 Å². The summed E-state index contributed by atoms with van der Waals surface area (Å²) >= 11 is 0. The van der Waals surface area contributed by atoms with Crippen molar-refractivity contribution < 1.29 is 14.3 Å². The minimum Gasteiger partial charge on any atom is -0.459 e. The standard InChI is InChI=1S/C10H10O3/c1-12-9-8-5-3-2-4-7(8)6-13-10(9)11/h2-5,9H,6H2,1H3. The number of rotatable bonds is 1. The Morgan fingerprint density at radius 1 is 1.46 bits per heavy atom. The lowest BCUT2D eigenvalue weighted by atomic mass is 10.0. The van der Waals surface area contributed by atoms with Gasteiger partial charge in [0.15, 0.2) is 6.10 Å². The van der Waals surface area contributed by atoms with Gasteiger partial charge in [-0.05, 0) is 11.1 Å². The Morgan fingerprint density at radius 3 is 3.00 bits per heavy atom. The topological polar surface area (TPSA) is 35.5 Å². The molecule has 0 aliphatic carbocycles. The Labute approximate surface area is 76.3 Å². The van der Waals surface area contributed by atoms with Gasteiger partial charge >= 0.3 is 5.97 Å². The van der Waals surface area contributed by atoms with E-state index in [9.17, 15) is 4.79 Å². The molecule has 13 heavy (non-hydrogen) atoms. The molecule has 0 N–H and O–H groups in total. The number of cyclic esters (lactones) is 1. The molecule has 0 spiro atoms. The van der Waals surface area contributed by atoms with Crippen LogP contribution >= 0.6 is 0 Å². The van der Waals surface area contributed by atoms with Gasteiger partial charge in [0.05, 0.1) is 0 Å². The number of hydrogen-bond donors (Lipinski definition) is 0. The van der Waals surface area contributed by atoms with Crippen molar-refractivity contribution in [2.75, 3.05) is 7.11 Å². The van der Waals surface area contributed by atoms with Crippen LogP contribution in [-0.2, 0) is 20.9 Å². The molecule has 3 heteroatoms. The monoisotopic (exact) mass is 178 g/mol. The molecule has 3 nitrogen and oxygen atoms in total. The molecule has 0 aromatic heterocycles. The number of carbonyl (C=O) groups is 1. The van der Waals surface area contributed by atoms with Crippen LogP contribution in [-0.4, -0.2) is 13.1 Å². The third-order valence-corrected chi connectivity index (χ3v) is 2.16. The molecule has 0 amide bonds. The van der Waals surface area contributed by atoms with E-state index in [1.54, 1.807) is 0 Å². The Hall–Kier alpha value is -1.35. The van der Waals surface area contributed by atoms with E-state index in [1.807, 2.05) is 24.3 Å². The predicted octanol–water partition coefficient (Wildman–Crippen LogP) is 1.43. The number of esters is 1. The van der Waals surface area contributed by atoms with Gasteiger partial charge in [-0.25, -0.2) is 4.79 Å². The average molecular weight is 178 g/mol. The molecule has 0 saturated carbocycles. The first-order valence-corrected chi connectivity index (χ1v) is 4.10. The van der Waals surface area contributed by atoms with Crippen LogP contribution in [0.3, 0.4) is 0 Å². The van der Waals surface area contributed by atoms with E-state index in [-0.39, 0.29) is 5.97 Å². The van der Waals surface area contributed by atoms with Crippen LogP contribution in [0.15, 0.2) is 24.3 Å². The van der Waals surface area contributed by atoms with Gasteiger partial charge in [-0.15, -0.1) is 0 Å². The summed E-state index contributed by atoms with van der Waals surface area (Å²) in [6.45, 7) is 0.356. The van der Waals surface area contributed by atoms with E-state index < -0.39 is 6.10 Å².